The van der Waals surface area contributed by atoms with Crippen LogP contribution in [0.5, 0.6) is 0 Å². The van der Waals surface area contributed by atoms with Gasteiger partial charge in [0.05, 0.1) is 6.04 Å². The summed E-state index contributed by atoms with van der Waals surface area (Å²) < 4.78 is 2.20. The zero-order valence-corrected chi connectivity index (χ0v) is 14.8. The van der Waals surface area contributed by atoms with E-state index >= 15 is 0 Å². The predicted octanol–water partition coefficient (Wildman–Crippen LogP) is 5.24. The highest BCUT2D eigenvalue weighted by molar-refractivity contribution is 9.11. The Labute approximate surface area is 135 Å². The average Bonchev–Trinajstić information content (AvgIpc) is 2.44. The number of hydrogen-bond acceptors (Lipinski definition) is 2. The van der Waals surface area contributed by atoms with Crippen LogP contribution in [0.3, 0.4) is 0 Å². The summed E-state index contributed by atoms with van der Waals surface area (Å²) in [6.07, 6.45) is 2.09. The number of rotatable bonds is 4. The van der Waals surface area contributed by atoms with Gasteiger partial charge in [-0.2, -0.15) is 0 Å². The summed E-state index contributed by atoms with van der Waals surface area (Å²) in [5, 5.41) is 3.38. The van der Waals surface area contributed by atoms with Crippen molar-refractivity contribution >= 4 is 43.6 Å². The van der Waals surface area contributed by atoms with Gasteiger partial charge in [-0.15, -0.1) is 11.8 Å². The van der Waals surface area contributed by atoms with Crippen molar-refractivity contribution in [3.05, 3.63) is 62.5 Å². The molecule has 0 heterocycles. The molecule has 4 heteroatoms. The third-order valence-electron chi connectivity index (χ3n) is 3.01. The van der Waals surface area contributed by atoms with Gasteiger partial charge in [-0.1, -0.05) is 44.0 Å². The van der Waals surface area contributed by atoms with Crippen molar-refractivity contribution < 1.29 is 0 Å². The van der Waals surface area contributed by atoms with Gasteiger partial charge in [0, 0.05) is 13.8 Å². The molecule has 0 aliphatic carbocycles. The van der Waals surface area contributed by atoms with Gasteiger partial charge in [0.15, 0.2) is 0 Å². The van der Waals surface area contributed by atoms with Crippen LogP contribution in [0.2, 0.25) is 0 Å². The van der Waals surface area contributed by atoms with Crippen molar-refractivity contribution in [1.82, 2.24) is 5.32 Å². The van der Waals surface area contributed by atoms with Gasteiger partial charge in [-0.05, 0) is 54.8 Å². The quantitative estimate of drug-likeness (QED) is 0.704. The molecule has 2 rings (SSSR count). The lowest BCUT2D eigenvalue weighted by molar-refractivity contribution is 0.688. The maximum atomic E-state index is 3.63. The fourth-order valence-electron chi connectivity index (χ4n) is 2.03. The Kier molecular flexibility index (Phi) is 5.51. The molecule has 2 aromatic carbocycles. The van der Waals surface area contributed by atoms with E-state index in [2.05, 4.69) is 79.8 Å². The molecule has 0 aliphatic heterocycles. The van der Waals surface area contributed by atoms with Gasteiger partial charge in [0.25, 0.3) is 0 Å². The Morgan fingerprint density at radius 2 is 1.74 bits per heavy atom. The van der Waals surface area contributed by atoms with E-state index < -0.39 is 0 Å². The van der Waals surface area contributed by atoms with Crippen molar-refractivity contribution in [1.29, 1.82) is 0 Å². The van der Waals surface area contributed by atoms with Gasteiger partial charge < -0.3 is 5.32 Å². The van der Waals surface area contributed by atoms with Gasteiger partial charge >= 0.3 is 0 Å². The molecule has 1 nitrogen and oxygen atoms in total. The molecular formula is C15H15Br2NS. The van der Waals surface area contributed by atoms with Crippen LogP contribution >= 0.6 is 43.6 Å². The first-order valence-corrected chi connectivity index (χ1v) is 8.73. The Morgan fingerprint density at radius 3 is 2.32 bits per heavy atom. The van der Waals surface area contributed by atoms with E-state index in [0.29, 0.717) is 0 Å². The first-order valence-electron chi connectivity index (χ1n) is 5.92. The Bertz CT molecular complexity index is 555. The van der Waals surface area contributed by atoms with E-state index in [4.69, 9.17) is 0 Å². The zero-order valence-electron chi connectivity index (χ0n) is 10.8. The number of benzene rings is 2. The number of hydrogen-bond donors (Lipinski definition) is 1. The molecule has 1 unspecified atom stereocenters. The van der Waals surface area contributed by atoms with Crippen LogP contribution < -0.4 is 5.32 Å². The minimum Gasteiger partial charge on any atom is -0.309 e. The summed E-state index contributed by atoms with van der Waals surface area (Å²) in [6.45, 7) is 0. The van der Waals surface area contributed by atoms with E-state index in [1.54, 1.807) is 11.8 Å². The third kappa shape index (κ3) is 3.63. The molecule has 0 aliphatic rings. The van der Waals surface area contributed by atoms with Crippen LogP contribution in [0.15, 0.2) is 56.3 Å². The molecule has 2 aromatic rings. The highest BCUT2D eigenvalue weighted by atomic mass is 79.9. The third-order valence-corrected chi connectivity index (χ3v) is 4.97. The largest absolute Gasteiger partial charge is 0.309 e. The zero-order chi connectivity index (χ0) is 13.8. The van der Waals surface area contributed by atoms with Crippen LogP contribution in [0.4, 0.5) is 0 Å². The Hall–Kier alpha value is -0.290. The minimum absolute atomic E-state index is 0.183. The average molecular weight is 401 g/mol. The molecule has 0 bridgehead atoms. The van der Waals surface area contributed by atoms with Crippen molar-refractivity contribution in [2.24, 2.45) is 0 Å². The molecule has 0 fully saturated rings. The fourth-order valence-corrected chi connectivity index (χ4v) is 3.30. The standard InChI is InChI=1S/C15H15Br2NS/c1-18-15(10-3-6-12(19-2)7-4-10)13-9-11(16)5-8-14(13)17/h3-9,15,18H,1-2H3. The van der Waals surface area contributed by atoms with Crippen molar-refractivity contribution in [3.8, 4) is 0 Å². The second kappa shape index (κ2) is 6.93. The lowest BCUT2D eigenvalue weighted by Gasteiger charge is -2.19. The number of thioether (sulfide) groups is 1. The molecule has 0 aromatic heterocycles. The molecule has 0 saturated carbocycles. The maximum absolute atomic E-state index is 3.63. The fraction of sp³-hybridized carbons (Fsp3) is 0.200. The second-order valence-electron chi connectivity index (χ2n) is 4.16. The number of halogens is 2. The summed E-state index contributed by atoms with van der Waals surface area (Å²) in [5.41, 5.74) is 2.49. The van der Waals surface area contributed by atoms with Gasteiger partial charge in [0.1, 0.15) is 0 Å². The SMILES string of the molecule is CNC(c1ccc(SC)cc1)c1cc(Br)ccc1Br. The Morgan fingerprint density at radius 1 is 1.05 bits per heavy atom. The topological polar surface area (TPSA) is 12.0 Å². The smallest absolute Gasteiger partial charge is 0.0585 e. The van der Waals surface area contributed by atoms with E-state index in [0.717, 1.165) is 8.95 Å². The normalized spacial score (nSPS) is 12.4. The first-order chi connectivity index (χ1) is 9.15. The van der Waals surface area contributed by atoms with E-state index in [9.17, 15) is 0 Å². The summed E-state index contributed by atoms with van der Waals surface area (Å²) in [7, 11) is 1.99. The molecule has 1 N–H and O–H groups in total. The van der Waals surface area contributed by atoms with Crippen LogP contribution in [0.1, 0.15) is 17.2 Å². The molecule has 19 heavy (non-hydrogen) atoms. The van der Waals surface area contributed by atoms with E-state index in [1.165, 1.54) is 16.0 Å². The Balaban J connectivity index is 2.40. The van der Waals surface area contributed by atoms with Crippen molar-refractivity contribution in [3.63, 3.8) is 0 Å². The van der Waals surface area contributed by atoms with Gasteiger partial charge in [0.2, 0.25) is 0 Å². The summed E-state index contributed by atoms with van der Waals surface area (Å²) in [5.74, 6) is 0. The lowest BCUT2D eigenvalue weighted by Crippen LogP contribution is -2.18. The van der Waals surface area contributed by atoms with Crippen LogP contribution in [0, 0.1) is 0 Å². The van der Waals surface area contributed by atoms with E-state index in [1.807, 2.05) is 13.1 Å². The first kappa shape index (κ1) is 15.1. The summed E-state index contributed by atoms with van der Waals surface area (Å²) in [6, 6.07) is 15.1. The van der Waals surface area contributed by atoms with E-state index in [-0.39, 0.29) is 6.04 Å². The predicted molar refractivity (Wildman–Crippen MR) is 91.0 cm³/mol. The maximum Gasteiger partial charge on any atom is 0.0585 e. The molecule has 1 atom stereocenters. The van der Waals surface area contributed by atoms with Crippen LogP contribution in [-0.4, -0.2) is 13.3 Å². The van der Waals surface area contributed by atoms with Crippen molar-refractivity contribution in [2.75, 3.05) is 13.3 Å². The number of nitrogens with one attached hydrogen (secondary N) is 1. The highest BCUT2D eigenvalue weighted by Crippen LogP contribution is 2.31. The molecule has 0 saturated heterocycles. The van der Waals surface area contributed by atoms with Crippen molar-refractivity contribution in [2.45, 2.75) is 10.9 Å². The molecule has 0 radical (unpaired) electrons. The molecule has 0 spiro atoms. The summed E-state index contributed by atoms with van der Waals surface area (Å²) >= 11 is 8.93. The monoisotopic (exact) mass is 399 g/mol. The van der Waals surface area contributed by atoms with Gasteiger partial charge in [-0.3, -0.25) is 0 Å². The summed E-state index contributed by atoms with van der Waals surface area (Å²) in [4.78, 5) is 1.28. The molecule has 0 amide bonds. The van der Waals surface area contributed by atoms with Crippen LogP contribution in [0.25, 0.3) is 0 Å². The minimum atomic E-state index is 0.183. The second-order valence-corrected chi connectivity index (χ2v) is 6.81. The van der Waals surface area contributed by atoms with Gasteiger partial charge in [-0.25, -0.2) is 0 Å². The highest BCUT2D eigenvalue weighted by Gasteiger charge is 2.15. The molecular weight excluding hydrogens is 386 g/mol. The van der Waals surface area contributed by atoms with Crippen LogP contribution in [-0.2, 0) is 0 Å². The molecule has 100 valence electrons. The lowest BCUT2D eigenvalue weighted by atomic mass is 9.99.